The maximum absolute atomic E-state index is 12.8. The Bertz CT molecular complexity index is 484. The van der Waals surface area contributed by atoms with E-state index < -0.39 is 8.07 Å². The quantitative estimate of drug-likeness (QED) is 0.748. The van der Waals surface area contributed by atoms with Crippen molar-refractivity contribution in [2.75, 3.05) is 0 Å². The number of halogens is 1. The van der Waals surface area contributed by atoms with Gasteiger partial charge in [-0.3, -0.25) is 0 Å². The third-order valence-electron chi connectivity index (χ3n) is 2.39. The van der Waals surface area contributed by atoms with E-state index >= 15 is 0 Å². The molecule has 0 aliphatic carbocycles. The van der Waals surface area contributed by atoms with Crippen LogP contribution in [0.1, 0.15) is 0 Å². The summed E-state index contributed by atoms with van der Waals surface area (Å²) in [7, 11) is -1.46. The van der Waals surface area contributed by atoms with Gasteiger partial charge in [-0.2, -0.15) is 0 Å². The molecule has 0 unspecified atom stereocenters. The minimum atomic E-state index is -1.46. The van der Waals surface area contributed by atoms with E-state index in [9.17, 15) is 4.39 Å². The average molecular weight is 235 g/mol. The maximum atomic E-state index is 12.8. The predicted octanol–water partition coefficient (Wildman–Crippen LogP) is 3.03. The van der Waals surface area contributed by atoms with Crippen LogP contribution in [-0.4, -0.2) is 13.2 Å². The monoisotopic (exact) mass is 235 g/mol. The van der Waals surface area contributed by atoms with Crippen molar-refractivity contribution >= 4 is 13.5 Å². The Hall–Kier alpha value is -1.42. The molecule has 0 saturated carbocycles. The van der Waals surface area contributed by atoms with Gasteiger partial charge in [-0.05, 0) is 24.3 Å². The molecule has 1 heterocycles. The van der Waals surface area contributed by atoms with Gasteiger partial charge in [-0.15, -0.1) is 0 Å². The van der Waals surface area contributed by atoms with E-state index in [0.717, 1.165) is 16.6 Å². The predicted molar refractivity (Wildman–Crippen MR) is 64.9 cm³/mol. The fraction of sp³-hybridized carbons (Fsp3) is 0.250. The van der Waals surface area contributed by atoms with E-state index in [1.165, 1.54) is 12.1 Å². The normalized spacial score (nSPS) is 11.8. The second-order valence-electron chi connectivity index (χ2n) is 4.83. The molecule has 0 spiro atoms. The Morgan fingerprint density at radius 2 is 1.75 bits per heavy atom. The highest BCUT2D eigenvalue weighted by Crippen LogP contribution is 2.17. The first kappa shape index (κ1) is 11.1. The fourth-order valence-corrected chi connectivity index (χ4v) is 2.27. The van der Waals surface area contributed by atoms with E-state index in [0.29, 0.717) is 0 Å². The van der Waals surface area contributed by atoms with Crippen molar-refractivity contribution in [3.63, 3.8) is 0 Å². The van der Waals surface area contributed by atoms with Crippen molar-refractivity contribution in [1.29, 1.82) is 0 Å². The zero-order valence-corrected chi connectivity index (χ0v) is 10.6. The van der Waals surface area contributed by atoms with Crippen LogP contribution in [0.25, 0.3) is 11.3 Å². The molecule has 1 aromatic heterocycles. The van der Waals surface area contributed by atoms with Crippen LogP contribution in [0.15, 0.2) is 34.9 Å². The summed E-state index contributed by atoms with van der Waals surface area (Å²) in [4.78, 5) is 0. The molecule has 2 rings (SSSR count). The summed E-state index contributed by atoms with van der Waals surface area (Å²) in [5, 5.41) is 4.98. The molecule has 0 aliphatic heterocycles. The van der Waals surface area contributed by atoms with E-state index in [-0.39, 0.29) is 5.82 Å². The Morgan fingerprint density at radius 1 is 1.12 bits per heavy atom. The molecule has 0 bridgehead atoms. The van der Waals surface area contributed by atoms with E-state index in [2.05, 4.69) is 24.8 Å². The molecule has 0 N–H and O–H groups in total. The highest BCUT2D eigenvalue weighted by atomic mass is 28.3. The Morgan fingerprint density at radius 3 is 2.25 bits per heavy atom. The zero-order chi connectivity index (χ0) is 11.8. The molecule has 4 heteroatoms. The lowest BCUT2D eigenvalue weighted by molar-refractivity contribution is 0.446. The minimum Gasteiger partial charge on any atom is -0.366 e. The highest BCUT2D eigenvalue weighted by molar-refractivity contribution is 6.87. The van der Waals surface area contributed by atoms with Gasteiger partial charge in [0, 0.05) is 11.6 Å². The summed E-state index contributed by atoms with van der Waals surface area (Å²) < 4.78 is 18.1. The fourth-order valence-electron chi connectivity index (χ4n) is 1.39. The van der Waals surface area contributed by atoms with Gasteiger partial charge >= 0.3 is 0 Å². The number of benzene rings is 1. The third-order valence-corrected chi connectivity index (χ3v) is 4.10. The molecule has 16 heavy (non-hydrogen) atoms. The second-order valence-corrected chi connectivity index (χ2v) is 9.83. The van der Waals surface area contributed by atoms with Gasteiger partial charge in [-0.1, -0.05) is 24.8 Å². The van der Waals surface area contributed by atoms with Crippen molar-refractivity contribution in [2.45, 2.75) is 19.6 Å². The molecule has 0 saturated heterocycles. The van der Waals surface area contributed by atoms with E-state index in [1.54, 1.807) is 12.1 Å². The smallest absolute Gasteiger partial charge is 0.127 e. The van der Waals surface area contributed by atoms with Gasteiger partial charge in [0.2, 0.25) is 0 Å². The molecule has 2 aromatic rings. The van der Waals surface area contributed by atoms with Crippen LogP contribution in [-0.2, 0) is 0 Å². The van der Waals surface area contributed by atoms with Gasteiger partial charge < -0.3 is 4.52 Å². The summed E-state index contributed by atoms with van der Waals surface area (Å²) in [6.07, 6.45) is 0. The van der Waals surface area contributed by atoms with Crippen molar-refractivity contribution in [3.05, 3.63) is 36.1 Å². The van der Waals surface area contributed by atoms with Crippen LogP contribution in [0.2, 0.25) is 19.6 Å². The SMILES string of the molecule is C[Si](C)(C)c1cc(-c2ccc(F)cc2)no1. The summed E-state index contributed by atoms with van der Waals surface area (Å²) in [5.74, 6) is -0.238. The van der Waals surface area contributed by atoms with E-state index in [1.807, 2.05) is 6.07 Å². The third kappa shape index (κ3) is 2.22. The van der Waals surface area contributed by atoms with Gasteiger partial charge in [-0.25, -0.2) is 4.39 Å². The number of rotatable bonds is 2. The molecule has 0 atom stereocenters. The summed E-state index contributed by atoms with van der Waals surface area (Å²) in [6, 6.07) is 8.23. The molecule has 0 radical (unpaired) electrons. The lowest BCUT2D eigenvalue weighted by atomic mass is 10.1. The Balaban J connectivity index is 2.35. The topological polar surface area (TPSA) is 26.0 Å². The molecule has 1 aromatic carbocycles. The summed E-state index contributed by atoms with van der Waals surface area (Å²) >= 11 is 0. The summed E-state index contributed by atoms with van der Waals surface area (Å²) in [6.45, 7) is 6.59. The largest absolute Gasteiger partial charge is 0.366 e. The van der Waals surface area contributed by atoms with Crippen LogP contribution in [0.5, 0.6) is 0 Å². The van der Waals surface area contributed by atoms with Crippen LogP contribution >= 0.6 is 0 Å². The van der Waals surface area contributed by atoms with Crippen molar-refractivity contribution in [2.24, 2.45) is 0 Å². The first-order chi connectivity index (χ1) is 7.47. The van der Waals surface area contributed by atoms with Gasteiger partial charge in [0.1, 0.15) is 25.0 Å². The first-order valence-electron chi connectivity index (χ1n) is 5.20. The zero-order valence-electron chi connectivity index (χ0n) is 9.62. The molecule has 2 nitrogen and oxygen atoms in total. The average Bonchev–Trinajstić information content (AvgIpc) is 2.67. The summed E-state index contributed by atoms with van der Waals surface area (Å²) in [5.41, 5.74) is 1.66. The molecular formula is C12H14FNOSi. The van der Waals surface area contributed by atoms with Crippen molar-refractivity contribution in [1.82, 2.24) is 5.16 Å². The van der Waals surface area contributed by atoms with E-state index in [4.69, 9.17) is 4.52 Å². The lowest BCUT2D eigenvalue weighted by Gasteiger charge is -2.08. The van der Waals surface area contributed by atoms with Gasteiger partial charge in [0.15, 0.2) is 0 Å². The first-order valence-corrected chi connectivity index (χ1v) is 8.70. The van der Waals surface area contributed by atoms with Gasteiger partial charge in [0.05, 0.1) is 0 Å². The van der Waals surface area contributed by atoms with Crippen molar-refractivity contribution in [3.8, 4) is 11.3 Å². The molecular weight excluding hydrogens is 221 g/mol. The minimum absolute atomic E-state index is 0.238. The maximum Gasteiger partial charge on any atom is 0.127 e. The van der Waals surface area contributed by atoms with Crippen LogP contribution in [0.4, 0.5) is 4.39 Å². The molecule has 84 valence electrons. The van der Waals surface area contributed by atoms with Crippen LogP contribution in [0.3, 0.4) is 0 Å². The molecule has 0 fully saturated rings. The van der Waals surface area contributed by atoms with Crippen LogP contribution in [0, 0.1) is 5.82 Å². The van der Waals surface area contributed by atoms with Crippen molar-refractivity contribution < 1.29 is 8.91 Å². The lowest BCUT2D eigenvalue weighted by Crippen LogP contribution is -2.36. The molecule has 0 amide bonds. The number of nitrogens with zero attached hydrogens (tertiary/aromatic N) is 1. The highest BCUT2D eigenvalue weighted by Gasteiger charge is 2.22. The number of aromatic nitrogens is 1. The Kier molecular flexibility index (Phi) is 2.67. The Labute approximate surface area is 95.1 Å². The van der Waals surface area contributed by atoms with Gasteiger partial charge in [0.25, 0.3) is 0 Å². The number of hydrogen-bond donors (Lipinski definition) is 0. The second kappa shape index (κ2) is 3.86. The molecule has 0 aliphatic rings. The standard InChI is InChI=1S/C12H14FNOSi/c1-16(2,3)12-8-11(14-15-12)9-4-6-10(13)7-5-9/h4-8H,1-3H3. The number of hydrogen-bond acceptors (Lipinski definition) is 2. The van der Waals surface area contributed by atoms with Crippen LogP contribution < -0.4 is 5.38 Å².